The lowest BCUT2D eigenvalue weighted by molar-refractivity contribution is 0.111. The summed E-state index contributed by atoms with van der Waals surface area (Å²) in [4.78, 5) is 2.24. The van der Waals surface area contributed by atoms with Gasteiger partial charge in [0.1, 0.15) is 5.82 Å². The van der Waals surface area contributed by atoms with Crippen LogP contribution in [0.3, 0.4) is 0 Å². The maximum atomic E-state index is 13.7. The molecule has 2 rings (SSSR count). The fourth-order valence-electron chi connectivity index (χ4n) is 3.32. The van der Waals surface area contributed by atoms with E-state index in [4.69, 9.17) is 0 Å². The lowest BCUT2D eigenvalue weighted by Crippen LogP contribution is -2.43. The third-order valence-electron chi connectivity index (χ3n) is 4.48. The van der Waals surface area contributed by atoms with Gasteiger partial charge in [-0.2, -0.15) is 0 Å². The predicted molar refractivity (Wildman–Crippen MR) is 82.1 cm³/mol. The smallest absolute Gasteiger partial charge is 0.127 e. The molecule has 0 bridgehead atoms. The van der Waals surface area contributed by atoms with Gasteiger partial charge in [0.05, 0.1) is 0 Å². The average molecular weight is 278 g/mol. The molecular weight excluding hydrogens is 251 g/mol. The minimum Gasteiger partial charge on any atom is -0.316 e. The molecule has 1 aromatic carbocycles. The highest BCUT2D eigenvalue weighted by Gasteiger charge is 2.31. The summed E-state index contributed by atoms with van der Waals surface area (Å²) in [6, 6.07) is 7.07. The number of hydrogen-bond acceptors (Lipinski definition) is 2. The molecule has 1 aliphatic rings. The van der Waals surface area contributed by atoms with E-state index < -0.39 is 0 Å². The first kappa shape index (κ1) is 15.5. The molecule has 0 radical (unpaired) electrons. The van der Waals surface area contributed by atoms with Crippen molar-refractivity contribution in [3.05, 3.63) is 35.6 Å². The van der Waals surface area contributed by atoms with Crippen LogP contribution in [0.25, 0.3) is 0 Å². The molecule has 1 heterocycles. The Bertz CT molecular complexity index is 425. The first-order valence-corrected chi connectivity index (χ1v) is 7.62. The molecule has 1 aliphatic heterocycles. The van der Waals surface area contributed by atoms with Gasteiger partial charge in [-0.1, -0.05) is 32.0 Å². The lowest BCUT2D eigenvalue weighted by Gasteiger charge is -2.40. The summed E-state index contributed by atoms with van der Waals surface area (Å²) >= 11 is 0. The molecule has 1 aromatic rings. The molecule has 0 amide bonds. The van der Waals surface area contributed by atoms with Crippen molar-refractivity contribution < 1.29 is 4.39 Å². The van der Waals surface area contributed by atoms with Crippen LogP contribution >= 0.6 is 0 Å². The number of nitrogens with one attached hydrogen (secondary N) is 1. The highest BCUT2D eigenvalue weighted by Crippen LogP contribution is 2.32. The van der Waals surface area contributed by atoms with Gasteiger partial charge >= 0.3 is 0 Å². The number of hydrogen-bond donors (Lipinski definition) is 1. The summed E-state index contributed by atoms with van der Waals surface area (Å²) in [7, 11) is 2.09. The molecule has 1 saturated heterocycles. The Hall–Kier alpha value is -0.930. The second-order valence-corrected chi connectivity index (χ2v) is 6.80. The maximum Gasteiger partial charge on any atom is 0.127 e. The molecule has 1 unspecified atom stereocenters. The zero-order valence-electron chi connectivity index (χ0n) is 13.0. The van der Waals surface area contributed by atoms with E-state index >= 15 is 0 Å². The quantitative estimate of drug-likeness (QED) is 0.889. The summed E-state index contributed by atoms with van der Waals surface area (Å²) < 4.78 is 13.7. The Morgan fingerprint density at radius 3 is 2.75 bits per heavy atom. The summed E-state index contributed by atoms with van der Waals surface area (Å²) in [6.07, 6.45) is 2.57. The van der Waals surface area contributed by atoms with Gasteiger partial charge in [0, 0.05) is 18.7 Å². The monoisotopic (exact) mass is 278 g/mol. The van der Waals surface area contributed by atoms with E-state index in [9.17, 15) is 4.39 Å². The highest BCUT2D eigenvalue weighted by atomic mass is 19.1. The Kier molecular flexibility index (Phi) is 5.17. The van der Waals surface area contributed by atoms with Crippen LogP contribution in [0.4, 0.5) is 4.39 Å². The lowest BCUT2D eigenvalue weighted by atomic mass is 9.74. The normalized spacial score (nSPS) is 20.4. The Morgan fingerprint density at radius 1 is 1.35 bits per heavy atom. The van der Waals surface area contributed by atoms with Crippen LogP contribution in [0, 0.1) is 17.2 Å². The minimum atomic E-state index is -0.100. The SMILES string of the molecule is CN(Cc1ccccc1F)CC(C)(C)C1CCCNC1. The molecule has 0 aliphatic carbocycles. The molecule has 1 atom stereocenters. The molecule has 20 heavy (non-hydrogen) atoms. The van der Waals surface area contributed by atoms with Gasteiger partial charge in [-0.05, 0) is 50.4 Å². The van der Waals surface area contributed by atoms with Gasteiger partial charge in [0.2, 0.25) is 0 Å². The second-order valence-electron chi connectivity index (χ2n) is 6.80. The molecule has 0 saturated carbocycles. The van der Waals surface area contributed by atoms with Crippen molar-refractivity contribution in [3.63, 3.8) is 0 Å². The molecule has 0 aromatic heterocycles. The number of rotatable bonds is 5. The van der Waals surface area contributed by atoms with Crippen LogP contribution in [-0.2, 0) is 6.54 Å². The molecular formula is C17H27FN2. The van der Waals surface area contributed by atoms with Crippen molar-refractivity contribution in [1.29, 1.82) is 0 Å². The van der Waals surface area contributed by atoms with Crippen molar-refractivity contribution in [2.24, 2.45) is 11.3 Å². The maximum absolute atomic E-state index is 13.7. The van der Waals surface area contributed by atoms with Gasteiger partial charge in [0.25, 0.3) is 0 Å². The highest BCUT2D eigenvalue weighted by molar-refractivity contribution is 5.17. The van der Waals surface area contributed by atoms with Crippen LogP contribution in [0.15, 0.2) is 24.3 Å². The minimum absolute atomic E-state index is 0.100. The van der Waals surface area contributed by atoms with Crippen molar-refractivity contribution >= 4 is 0 Å². The summed E-state index contributed by atoms with van der Waals surface area (Å²) in [6.45, 7) is 8.60. The molecule has 1 fully saturated rings. The van der Waals surface area contributed by atoms with E-state index in [0.717, 1.165) is 25.2 Å². The van der Waals surface area contributed by atoms with Gasteiger partial charge in [-0.15, -0.1) is 0 Å². The number of halogens is 1. The standard InChI is InChI=1S/C17H27FN2/c1-17(2,15-8-6-10-19-11-15)13-20(3)12-14-7-4-5-9-16(14)18/h4-5,7,9,15,19H,6,8,10-13H2,1-3H3. The number of nitrogens with zero attached hydrogens (tertiary/aromatic N) is 1. The molecule has 3 heteroatoms. The zero-order valence-corrected chi connectivity index (χ0v) is 13.0. The third kappa shape index (κ3) is 4.03. The van der Waals surface area contributed by atoms with Crippen LogP contribution in [-0.4, -0.2) is 31.6 Å². The van der Waals surface area contributed by atoms with Crippen LogP contribution in [0.1, 0.15) is 32.3 Å². The van der Waals surface area contributed by atoms with Crippen LogP contribution in [0.5, 0.6) is 0 Å². The first-order valence-electron chi connectivity index (χ1n) is 7.62. The second kappa shape index (κ2) is 6.68. The molecule has 0 spiro atoms. The van der Waals surface area contributed by atoms with Crippen LogP contribution in [0.2, 0.25) is 0 Å². The van der Waals surface area contributed by atoms with Gasteiger partial charge < -0.3 is 10.2 Å². The molecule has 112 valence electrons. The van der Waals surface area contributed by atoms with Crippen molar-refractivity contribution in [2.45, 2.75) is 33.2 Å². The fourth-order valence-corrected chi connectivity index (χ4v) is 3.32. The average Bonchev–Trinajstić information content (AvgIpc) is 2.42. The topological polar surface area (TPSA) is 15.3 Å². The van der Waals surface area contributed by atoms with E-state index in [-0.39, 0.29) is 11.2 Å². The third-order valence-corrected chi connectivity index (χ3v) is 4.48. The number of piperidine rings is 1. The molecule has 2 nitrogen and oxygen atoms in total. The fraction of sp³-hybridized carbons (Fsp3) is 0.647. The van der Waals surface area contributed by atoms with E-state index in [2.05, 4.69) is 31.1 Å². The predicted octanol–water partition coefficient (Wildman–Crippen LogP) is 3.28. The van der Waals surface area contributed by atoms with Gasteiger partial charge in [-0.3, -0.25) is 0 Å². The van der Waals surface area contributed by atoms with E-state index in [0.29, 0.717) is 12.5 Å². The van der Waals surface area contributed by atoms with Crippen LogP contribution < -0.4 is 5.32 Å². The van der Waals surface area contributed by atoms with E-state index in [1.165, 1.54) is 12.8 Å². The van der Waals surface area contributed by atoms with Crippen molar-refractivity contribution in [3.8, 4) is 0 Å². The summed E-state index contributed by atoms with van der Waals surface area (Å²) in [5, 5.41) is 3.49. The zero-order chi connectivity index (χ0) is 14.6. The van der Waals surface area contributed by atoms with Gasteiger partial charge in [0.15, 0.2) is 0 Å². The number of benzene rings is 1. The van der Waals surface area contributed by atoms with Crippen molar-refractivity contribution in [2.75, 3.05) is 26.7 Å². The van der Waals surface area contributed by atoms with Gasteiger partial charge in [-0.25, -0.2) is 4.39 Å². The largest absolute Gasteiger partial charge is 0.316 e. The first-order chi connectivity index (χ1) is 9.49. The Labute approximate surface area is 122 Å². The van der Waals surface area contributed by atoms with E-state index in [1.807, 2.05) is 12.1 Å². The van der Waals surface area contributed by atoms with E-state index in [1.54, 1.807) is 12.1 Å². The van der Waals surface area contributed by atoms with Crippen molar-refractivity contribution in [1.82, 2.24) is 10.2 Å². The summed E-state index contributed by atoms with van der Waals surface area (Å²) in [5.74, 6) is 0.607. The Balaban J connectivity index is 1.93. The Morgan fingerprint density at radius 2 is 2.10 bits per heavy atom. The summed E-state index contributed by atoms with van der Waals surface area (Å²) in [5.41, 5.74) is 1.04. The molecule has 1 N–H and O–H groups in total.